The third-order valence-electron chi connectivity index (χ3n) is 4.85. The summed E-state index contributed by atoms with van der Waals surface area (Å²) >= 11 is 0. The van der Waals surface area contributed by atoms with E-state index >= 15 is 0 Å². The lowest BCUT2D eigenvalue weighted by Crippen LogP contribution is -2.43. The van der Waals surface area contributed by atoms with Crippen molar-refractivity contribution >= 4 is 0 Å². The summed E-state index contributed by atoms with van der Waals surface area (Å²) in [5, 5.41) is 3.70. The van der Waals surface area contributed by atoms with Crippen molar-refractivity contribution in [3.63, 3.8) is 0 Å². The molecule has 0 amide bonds. The summed E-state index contributed by atoms with van der Waals surface area (Å²) < 4.78 is 0. The number of hydrogen-bond donors (Lipinski definition) is 1. The van der Waals surface area contributed by atoms with Gasteiger partial charge in [0.05, 0.1) is 0 Å². The zero-order valence-electron chi connectivity index (χ0n) is 12.1. The van der Waals surface area contributed by atoms with Gasteiger partial charge in [-0.15, -0.1) is 0 Å². The second kappa shape index (κ2) is 6.06. The molecule has 104 valence electrons. The highest BCUT2D eigenvalue weighted by atomic mass is 15.2. The van der Waals surface area contributed by atoms with Crippen LogP contribution in [-0.2, 0) is 13.0 Å². The number of nitrogens with zero attached hydrogens (tertiary/aromatic N) is 1. The zero-order chi connectivity index (χ0) is 13.1. The van der Waals surface area contributed by atoms with Crippen molar-refractivity contribution in [2.24, 2.45) is 0 Å². The molecule has 3 rings (SSSR count). The average Bonchev–Trinajstić information content (AvgIpc) is 3.09. The van der Waals surface area contributed by atoms with E-state index in [2.05, 4.69) is 41.4 Å². The van der Waals surface area contributed by atoms with Crippen molar-refractivity contribution < 1.29 is 0 Å². The fraction of sp³-hybridized carbons (Fsp3) is 0.647. The second-order valence-electron chi connectivity index (χ2n) is 6.01. The van der Waals surface area contributed by atoms with Gasteiger partial charge in [0.15, 0.2) is 0 Å². The first-order valence-corrected chi connectivity index (χ1v) is 7.92. The molecule has 19 heavy (non-hydrogen) atoms. The molecule has 0 radical (unpaired) electrons. The zero-order valence-corrected chi connectivity index (χ0v) is 12.1. The van der Waals surface area contributed by atoms with Crippen LogP contribution in [0.5, 0.6) is 0 Å². The van der Waals surface area contributed by atoms with Crippen LogP contribution < -0.4 is 5.32 Å². The van der Waals surface area contributed by atoms with Gasteiger partial charge in [-0.1, -0.05) is 31.2 Å². The second-order valence-corrected chi connectivity index (χ2v) is 6.01. The molecular weight excluding hydrogens is 232 g/mol. The maximum absolute atomic E-state index is 3.70. The van der Waals surface area contributed by atoms with Crippen molar-refractivity contribution in [3.8, 4) is 0 Å². The van der Waals surface area contributed by atoms with Crippen molar-refractivity contribution in [1.29, 1.82) is 0 Å². The first-order chi connectivity index (χ1) is 9.38. The van der Waals surface area contributed by atoms with Gasteiger partial charge in [-0.25, -0.2) is 0 Å². The Kier molecular flexibility index (Phi) is 4.19. The van der Waals surface area contributed by atoms with Crippen molar-refractivity contribution in [1.82, 2.24) is 10.2 Å². The van der Waals surface area contributed by atoms with E-state index in [9.17, 15) is 0 Å². The molecule has 1 N–H and O–H groups in total. The topological polar surface area (TPSA) is 15.3 Å². The predicted octanol–water partition coefficient (Wildman–Crippen LogP) is 2.97. The number of rotatable bonds is 4. The van der Waals surface area contributed by atoms with Crippen molar-refractivity contribution in [2.45, 2.75) is 57.7 Å². The summed E-state index contributed by atoms with van der Waals surface area (Å²) in [7, 11) is 0. The molecule has 1 aromatic carbocycles. The van der Waals surface area contributed by atoms with Gasteiger partial charge in [0, 0.05) is 18.6 Å². The Morgan fingerprint density at radius 2 is 2.00 bits per heavy atom. The van der Waals surface area contributed by atoms with Crippen LogP contribution >= 0.6 is 0 Å². The first-order valence-electron chi connectivity index (χ1n) is 7.92. The summed E-state index contributed by atoms with van der Waals surface area (Å²) in [6.07, 6.45) is 6.64. The van der Waals surface area contributed by atoms with E-state index in [1.54, 1.807) is 0 Å². The highest BCUT2D eigenvalue weighted by molar-refractivity contribution is 5.27. The third-order valence-corrected chi connectivity index (χ3v) is 4.85. The van der Waals surface area contributed by atoms with Gasteiger partial charge >= 0.3 is 0 Å². The van der Waals surface area contributed by atoms with Crippen LogP contribution in [0.25, 0.3) is 0 Å². The lowest BCUT2D eigenvalue weighted by atomic mass is 10.0. The maximum atomic E-state index is 3.70. The fourth-order valence-electron chi connectivity index (χ4n) is 3.82. The molecule has 0 spiro atoms. The van der Waals surface area contributed by atoms with Crippen molar-refractivity contribution in [3.05, 3.63) is 35.4 Å². The summed E-state index contributed by atoms with van der Waals surface area (Å²) in [5.41, 5.74) is 3.06. The van der Waals surface area contributed by atoms with Crippen LogP contribution in [0.1, 0.15) is 43.7 Å². The quantitative estimate of drug-likeness (QED) is 0.893. The van der Waals surface area contributed by atoms with Gasteiger partial charge in [0.2, 0.25) is 0 Å². The SMILES string of the molecule is CCc1ccccc1CN1CCCC1C1CCCN1. The number of aryl methyl sites for hydroxylation is 1. The fourth-order valence-corrected chi connectivity index (χ4v) is 3.82. The summed E-state index contributed by atoms with van der Waals surface area (Å²) in [6.45, 7) is 5.91. The Bertz CT molecular complexity index is 409. The molecule has 0 aromatic heterocycles. The van der Waals surface area contributed by atoms with Crippen LogP contribution in [0.15, 0.2) is 24.3 Å². The molecule has 2 aliphatic rings. The van der Waals surface area contributed by atoms with Gasteiger partial charge in [0.25, 0.3) is 0 Å². The van der Waals surface area contributed by atoms with Gasteiger partial charge in [0.1, 0.15) is 0 Å². The van der Waals surface area contributed by atoms with E-state index < -0.39 is 0 Å². The summed E-state index contributed by atoms with van der Waals surface area (Å²) in [6, 6.07) is 10.5. The highest BCUT2D eigenvalue weighted by Crippen LogP contribution is 2.27. The molecule has 2 saturated heterocycles. The molecule has 0 bridgehead atoms. The summed E-state index contributed by atoms with van der Waals surface area (Å²) in [5.74, 6) is 0. The molecule has 0 aliphatic carbocycles. The van der Waals surface area contributed by atoms with E-state index in [1.165, 1.54) is 49.9 Å². The van der Waals surface area contributed by atoms with E-state index in [-0.39, 0.29) is 0 Å². The average molecular weight is 258 g/mol. The molecule has 2 heterocycles. The highest BCUT2D eigenvalue weighted by Gasteiger charge is 2.33. The lowest BCUT2D eigenvalue weighted by molar-refractivity contribution is 0.206. The Morgan fingerprint density at radius 1 is 1.16 bits per heavy atom. The Labute approximate surface area is 117 Å². The van der Waals surface area contributed by atoms with Crippen molar-refractivity contribution in [2.75, 3.05) is 13.1 Å². The van der Waals surface area contributed by atoms with Crippen LogP contribution in [0.4, 0.5) is 0 Å². The van der Waals surface area contributed by atoms with E-state index in [0.717, 1.165) is 25.0 Å². The monoisotopic (exact) mass is 258 g/mol. The maximum Gasteiger partial charge on any atom is 0.0253 e. The third kappa shape index (κ3) is 2.85. The molecule has 2 heteroatoms. The van der Waals surface area contributed by atoms with E-state index in [0.29, 0.717) is 0 Å². The van der Waals surface area contributed by atoms with Gasteiger partial charge in [-0.3, -0.25) is 4.90 Å². The largest absolute Gasteiger partial charge is 0.312 e. The summed E-state index contributed by atoms with van der Waals surface area (Å²) in [4.78, 5) is 2.72. The Morgan fingerprint density at radius 3 is 2.74 bits per heavy atom. The minimum absolute atomic E-state index is 0.747. The lowest BCUT2D eigenvalue weighted by Gasteiger charge is -2.30. The molecular formula is C17H26N2. The minimum atomic E-state index is 0.747. The Balaban J connectivity index is 1.70. The first kappa shape index (κ1) is 13.1. The normalized spacial score (nSPS) is 28.1. The molecule has 2 fully saturated rings. The molecule has 2 atom stereocenters. The molecule has 0 saturated carbocycles. The number of hydrogen-bond acceptors (Lipinski definition) is 2. The standard InChI is InChI=1S/C17H26N2/c1-2-14-7-3-4-8-15(14)13-19-12-6-10-17(19)16-9-5-11-18-16/h3-4,7-8,16-18H,2,5-6,9-13H2,1H3. The molecule has 2 nitrogen and oxygen atoms in total. The van der Waals surface area contributed by atoms with Crippen LogP contribution in [-0.4, -0.2) is 30.1 Å². The number of benzene rings is 1. The molecule has 2 aliphatic heterocycles. The van der Waals surface area contributed by atoms with Gasteiger partial charge < -0.3 is 5.32 Å². The minimum Gasteiger partial charge on any atom is -0.312 e. The van der Waals surface area contributed by atoms with E-state index in [1.807, 2.05) is 0 Å². The van der Waals surface area contributed by atoms with Crippen LogP contribution in [0.2, 0.25) is 0 Å². The number of likely N-dealkylation sites (tertiary alicyclic amines) is 1. The Hall–Kier alpha value is -0.860. The molecule has 1 aromatic rings. The van der Waals surface area contributed by atoms with Gasteiger partial charge in [-0.2, -0.15) is 0 Å². The van der Waals surface area contributed by atoms with Gasteiger partial charge in [-0.05, 0) is 56.3 Å². The molecule has 2 unspecified atom stereocenters. The van der Waals surface area contributed by atoms with Crippen LogP contribution in [0, 0.1) is 0 Å². The van der Waals surface area contributed by atoms with Crippen LogP contribution in [0.3, 0.4) is 0 Å². The predicted molar refractivity (Wildman–Crippen MR) is 80.3 cm³/mol. The number of nitrogens with one attached hydrogen (secondary N) is 1. The smallest absolute Gasteiger partial charge is 0.0253 e. The van der Waals surface area contributed by atoms with E-state index in [4.69, 9.17) is 0 Å².